The van der Waals surface area contributed by atoms with Gasteiger partial charge in [0.15, 0.2) is 0 Å². The minimum atomic E-state index is 0.189. The van der Waals surface area contributed by atoms with Crippen LogP contribution in [0, 0.1) is 13.8 Å². The first-order valence-electron chi connectivity index (χ1n) is 8.78. The molecular weight excluding hydrogens is 316 g/mol. The van der Waals surface area contributed by atoms with E-state index in [-0.39, 0.29) is 5.91 Å². The minimum Gasteiger partial charge on any atom is -0.368 e. The summed E-state index contributed by atoms with van der Waals surface area (Å²) >= 11 is 1.71. The fraction of sp³-hybridized carbons (Fsp3) is 0.450. The van der Waals surface area contributed by atoms with Gasteiger partial charge < -0.3 is 9.80 Å². The zero-order valence-corrected chi connectivity index (χ0v) is 15.7. The number of benzene rings is 1. The monoisotopic (exact) mass is 342 g/mol. The van der Waals surface area contributed by atoms with Crippen LogP contribution in [0.15, 0.2) is 29.6 Å². The predicted octanol–water partition coefficient (Wildman–Crippen LogP) is 4.28. The SMILES string of the molecule is CCCc1cc(C(=O)N2CCN(c3cccc(C)c3C)CC2)cs1. The fourth-order valence-electron chi connectivity index (χ4n) is 3.28. The highest BCUT2D eigenvalue weighted by Gasteiger charge is 2.23. The Bertz CT molecular complexity index is 714. The quantitative estimate of drug-likeness (QED) is 0.828. The van der Waals surface area contributed by atoms with Crippen LogP contribution in [-0.2, 0) is 6.42 Å². The lowest BCUT2D eigenvalue weighted by molar-refractivity contribution is 0.0747. The third-order valence-electron chi connectivity index (χ3n) is 4.88. The molecule has 24 heavy (non-hydrogen) atoms. The molecule has 3 rings (SSSR count). The Morgan fingerprint density at radius 1 is 1.17 bits per heavy atom. The van der Waals surface area contributed by atoms with Crippen LogP contribution in [0.3, 0.4) is 0 Å². The number of piperazine rings is 1. The molecule has 1 amide bonds. The maximum atomic E-state index is 12.7. The molecule has 2 aromatic rings. The third kappa shape index (κ3) is 3.48. The number of anilines is 1. The molecule has 0 unspecified atom stereocenters. The van der Waals surface area contributed by atoms with Crippen LogP contribution in [-0.4, -0.2) is 37.0 Å². The summed E-state index contributed by atoms with van der Waals surface area (Å²) in [6.45, 7) is 9.92. The predicted molar refractivity (Wildman–Crippen MR) is 102 cm³/mol. The first kappa shape index (κ1) is 17.0. The number of hydrogen-bond acceptors (Lipinski definition) is 3. The van der Waals surface area contributed by atoms with Gasteiger partial charge in [-0.15, -0.1) is 11.3 Å². The number of carbonyl (C=O) groups excluding carboxylic acids is 1. The van der Waals surface area contributed by atoms with E-state index in [2.05, 4.69) is 49.9 Å². The second-order valence-electron chi connectivity index (χ2n) is 6.55. The van der Waals surface area contributed by atoms with Crippen molar-refractivity contribution >= 4 is 22.9 Å². The van der Waals surface area contributed by atoms with Gasteiger partial charge in [-0.05, 0) is 43.5 Å². The number of aryl methyl sites for hydroxylation is 2. The third-order valence-corrected chi connectivity index (χ3v) is 5.88. The van der Waals surface area contributed by atoms with Crippen LogP contribution in [0.4, 0.5) is 5.69 Å². The molecule has 0 N–H and O–H groups in total. The van der Waals surface area contributed by atoms with Crippen molar-refractivity contribution in [1.29, 1.82) is 0 Å². The van der Waals surface area contributed by atoms with Gasteiger partial charge in [0.1, 0.15) is 0 Å². The molecule has 2 heterocycles. The van der Waals surface area contributed by atoms with Crippen LogP contribution in [0.1, 0.15) is 39.7 Å². The van der Waals surface area contributed by atoms with Crippen molar-refractivity contribution in [3.05, 3.63) is 51.2 Å². The van der Waals surface area contributed by atoms with E-state index in [1.54, 1.807) is 11.3 Å². The van der Waals surface area contributed by atoms with Gasteiger partial charge in [-0.1, -0.05) is 25.5 Å². The van der Waals surface area contributed by atoms with Gasteiger partial charge >= 0.3 is 0 Å². The molecule has 0 bridgehead atoms. The van der Waals surface area contributed by atoms with Gasteiger partial charge in [-0.3, -0.25) is 4.79 Å². The Kier molecular flexibility index (Phi) is 5.24. The maximum Gasteiger partial charge on any atom is 0.254 e. The first-order chi connectivity index (χ1) is 11.6. The molecule has 4 heteroatoms. The number of amides is 1. The number of carbonyl (C=O) groups is 1. The normalized spacial score (nSPS) is 15.0. The van der Waals surface area contributed by atoms with Gasteiger partial charge in [0.05, 0.1) is 5.56 Å². The molecule has 1 fully saturated rings. The number of thiophene rings is 1. The Balaban J connectivity index is 1.64. The van der Waals surface area contributed by atoms with Crippen LogP contribution in [0.5, 0.6) is 0 Å². The zero-order valence-electron chi connectivity index (χ0n) is 14.8. The maximum absolute atomic E-state index is 12.7. The summed E-state index contributed by atoms with van der Waals surface area (Å²) in [7, 11) is 0. The van der Waals surface area contributed by atoms with E-state index in [0.717, 1.165) is 44.6 Å². The van der Waals surface area contributed by atoms with Crippen molar-refractivity contribution in [2.75, 3.05) is 31.1 Å². The van der Waals surface area contributed by atoms with Crippen molar-refractivity contribution in [3.8, 4) is 0 Å². The molecule has 1 aromatic heterocycles. The topological polar surface area (TPSA) is 23.6 Å². The summed E-state index contributed by atoms with van der Waals surface area (Å²) in [5.41, 5.74) is 4.85. The summed E-state index contributed by atoms with van der Waals surface area (Å²) in [5, 5.41) is 2.02. The van der Waals surface area contributed by atoms with Gasteiger partial charge in [-0.2, -0.15) is 0 Å². The van der Waals surface area contributed by atoms with Crippen LogP contribution < -0.4 is 4.90 Å². The summed E-state index contributed by atoms with van der Waals surface area (Å²) < 4.78 is 0. The standard InChI is InChI=1S/C20H26N2OS/c1-4-6-18-13-17(14-24-18)20(23)22-11-9-21(10-12-22)19-8-5-7-15(2)16(19)3/h5,7-8,13-14H,4,6,9-12H2,1-3H3. The summed E-state index contributed by atoms with van der Waals surface area (Å²) in [6, 6.07) is 8.54. The van der Waals surface area contributed by atoms with E-state index in [4.69, 9.17) is 0 Å². The molecular formula is C20H26N2OS. The molecule has 0 radical (unpaired) electrons. The highest BCUT2D eigenvalue weighted by atomic mass is 32.1. The summed E-state index contributed by atoms with van der Waals surface area (Å²) in [5.74, 6) is 0.189. The number of rotatable bonds is 4. The van der Waals surface area contributed by atoms with Crippen LogP contribution in [0.2, 0.25) is 0 Å². The molecule has 1 aliphatic rings. The highest BCUT2D eigenvalue weighted by Crippen LogP contribution is 2.25. The second-order valence-corrected chi connectivity index (χ2v) is 7.55. The van der Waals surface area contributed by atoms with E-state index in [1.807, 2.05) is 10.3 Å². The summed E-state index contributed by atoms with van der Waals surface area (Å²) in [4.78, 5) is 18.4. The fourth-order valence-corrected chi connectivity index (χ4v) is 4.25. The van der Waals surface area contributed by atoms with E-state index in [1.165, 1.54) is 21.7 Å². The molecule has 0 aliphatic carbocycles. The molecule has 1 saturated heterocycles. The van der Waals surface area contributed by atoms with Crippen LogP contribution in [0.25, 0.3) is 0 Å². The van der Waals surface area contributed by atoms with Gasteiger partial charge in [0.25, 0.3) is 5.91 Å². The molecule has 1 aromatic carbocycles. The Morgan fingerprint density at radius 2 is 1.92 bits per heavy atom. The van der Waals surface area contributed by atoms with E-state index >= 15 is 0 Å². The van der Waals surface area contributed by atoms with Crippen molar-refractivity contribution in [1.82, 2.24) is 4.90 Å². The average Bonchev–Trinajstić information content (AvgIpc) is 3.06. The van der Waals surface area contributed by atoms with E-state index in [0.29, 0.717) is 0 Å². The van der Waals surface area contributed by atoms with Crippen molar-refractivity contribution in [2.45, 2.75) is 33.6 Å². The lowest BCUT2D eigenvalue weighted by Gasteiger charge is -2.37. The van der Waals surface area contributed by atoms with Crippen molar-refractivity contribution < 1.29 is 4.79 Å². The Labute approximate surface area is 148 Å². The molecule has 0 atom stereocenters. The lowest BCUT2D eigenvalue weighted by atomic mass is 10.1. The van der Waals surface area contributed by atoms with Crippen molar-refractivity contribution in [2.24, 2.45) is 0 Å². The number of hydrogen-bond donors (Lipinski definition) is 0. The largest absolute Gasteiger partial charge is 0.368 e. The van der Waals surface area contributed by atoms with Crippen molar-refractivity contribution in [3.63, 3.8) is 0 Å². The first-order valence-corrected chi connectivity index (χ1v) is 9.66. The lowest BCUT2D eigenvalue weighted by Crippen LogP contribution is -2.49. The smallest absolute Gasteiger partial charge is 0.254 e. The van der Waals surface area contributed by atoms with E-state index < -0.39 is 0 Å². The average molecular weight is 343 g/mol. The number of nitrogens with zero attached hydrogens (tertiary/aromatic N) is 2. The highest BCUT2D eigenvalue weighted by molar-refractivity contribution is 7.10. The van der Waals surface area contributed by atoms with Crippen LogP contribution >= 0.6 is 11.3 Å². The molecule has 3 nitrogen and oxygen atoms in total. The zero-order chi connectivity index (χ0) is 17.1. The van der Waals surface area contributed by atoms with Gasteiger partial charge in [-0.25, -0.2) is 0 Å². The molecule has 0 spiro atoms. The second kappa shape index (κ2) is 7.39. The molecule has 128 valence electrons. The Morgan fingerprint density at radius 3 is 2.62 bits per heavy atom. The van der Waals surface area contributed by atoms with Gasteiger partial charge in [0, 0.05) is 42.1 Å². The van der Waals surface area contributed by atoms with E-state index in [9.17, 15) is 4.79 Å². The summed E-state index contributed by atoms with van der Waals surface area (Å²) in [6.07, 6.45) is 2.20. The minimum absolute atomic E-state index is 0.189. The van der Waals surface area contributed by atoms with Gasteiger partial charge in [0.2, 0.25) is 0 Å². The molecule has 0 saturated carbocycles. The Hall–Kier alpha value is -1.81. The molecule has 1 aliphatic heterocycles.